The van der Waals surface area contributed by atoms with Crippen LogP contribution in [0.3, 0.4) is 0 Å². The van der Waals surface area contributed by atoms with Crippen LogP contribution < -0.4 is 10.6 Å². The van der Waals surface area contributed by atoms with E-state index in [0.29, 0.717) is 18.0 Å². The maximum atomic E-state index is 11.8. The van der Waals surface area contributed by atoms with Crippen LogP contribution in [0, 0.1) is 0 Å². The first-order valence-electron chi connectivity index (χ1n) is 5.93. The minimum Gasteiger partial charge on any atom is -0.476 e. The molecule has 1 aliphatic heterocycles. The molecule has 2 rings (SSSR count). The van der Waals surface area contributed by atoms with Gasteiger partial charge in [0.2, 0.25) is 5.91 Å². The molecule has 3 N–H and O–H groups in total. The van der Waals surface area contributed by atoms with Crippen LogP contribution in [0.25, 0.3) is 0 Å². The molecule has 2 heterocycles. The number of carboxylic acid groups (broad SMARTS) is 1. The molecule has 1 saturated heterocycles. The molecule has 0 unspecified atom stereocenters. The zero-order valence-electron chi connectivity index (χ0n) is 10.5. The molecule has 0 spiro atoms. The number of rotatable bonds is 5. The third-order valence-corrected chi connectivity index (χ3v) is 3.85. The quantitative estimate of drug-likeness (QED) is 0.680. The summed E-state index contributed by atoms with van der Waals surface area (Å²) in [5, 5.41) is 16.9. The lowest BCUT2D eigenvalue weighted by Crippen LogP contribution is -2.38. The number of aromatic carboxylic acids is 1. The lowest BCUT2D eigenvalue weighted by atomic mass is 10.0. The van der Waals surface area contributed by atoms with Crippen LogP contribution in [-0.2, 0) is 11.2 Å². The number of thiazole rings is 1. The zero-order valence-corrected chi connectivity index (χ0v) is 11.3. The van der Waals surface area contributed by atoms with Gasteiger partial charge in [-0.15, -0.1) is 11.3 Å². The summed E-state index contributed by atoms with van der Waals surface area (Å²) in [6, 6.07) is 0. The van der Waals surface area contributed by atoms with Crippen LogP contribution >= 0.6 is 11.3 Å². The molecule has 1 amide bonds. The first-order valence-corrected chi connectivity index (χ1v) is 6.81. The van der Waals surface area contributed by atoms with E-state index in [1.54, 1.807) is 0 Å². The third kappa shape index (κ3) is 3.39. The molecule has 0 radical (unpaired) electrons. The van der Waals surface area contributed by atoms with Crippen molar-refractivity contribution in [1.82, 2.24) is 15.6 Å². The van der Waals surface area contributed by atoms with Gasteiger partial charge in [0.1, 0.15) is 0 Å². The molecule has 102 valence electrons. The van der Waals surface area contributed by atoms with Gasteiger partial charge in [0.05, 0.1) is 5.01 Å². The average Bonchev–Trinajstić information content (AvgIpc) is 2.75. The van der Waals surface area contributed by atoms with E-state index in [-0.39, 0.29) is 11.6 Å². The Morgan fingerprint density at radius 1 is 1.53 bits per heavy atom. The van der Waals surface area contributed by atoms with Gasteiger partial charge in [0, 0.05) is 37.0 Å². The molecule has 19 heavy (non-hydrogen) atoms. The van der Waals surface area contributed by atoms with E-state index < -0.39 is 5.97 Å². The van der Waals surface area contributed by atoms with Gasteiger partial charge in [0.25, 0.3) is 0 Å². The highest BCUT2D eigenvalue weighted by atomic mass is 32.1. The van der Waals surface area contributed by atoms with E-state index >= 15 is 0 Å². The normalized spacial score (nSPS) is 13.8. The Balaban J connectivity index is 1.79. The first-order chi connectivity index (χ1) is 9.08. The molecular weight excluding hydrogens is 266 g/mol. The van der Waals surface area contributed by atoms with E-state index in [1.807, 2.05) is 6.92 Å². The Hall–Kier alpha value is -1.73. The van der Waals surface area contributed by atoms with Crippen molar-refractivity contribution in [2.75, 3.05) is 19.6 Å². The summed E-state index contributed by atoms with van der Waals surface area (Å²) in [6.07, 6.45) is 0.546. The van der Waals surface area contributed by atoms with Gasteiger partial charge in [-0.05, 0) is 12.5 Å². The van der Waals surface area contributed by atoms with Crippen LogP contribution in [0.4, 0.5) is 0 Å². The second-order valence-electron chi connectivity index (χ2n) is 4.27. The standard InChI is InChI=1S/C12H15N3O3S/c1-7(8-4-13-5-8)11(16)14-3-2-10-15-9(6-19-10)12(17)18/h6,13H,2-5H2,1H3,(H,14,16)(H,17,18). The molecule has 0 bridgehead atoms. The molecule has 0 aromatic carbocycles. The molecule has 7 heteroatoms. The second kappa shape index (κ2) is 5.94. The number of carbonyl (C=O) groups is 2. The minimum atomic E-state index is -1.02. The van der Waals surface area contributed by atoms with Crippen molar-refractivity contribution in [2.45, 2.75) is 13.3 Å². The molecular formula is C12H15N3O3S. The van der Waals surface area contributed by atoms with Crippen molar-refractivity contribution in [3.8, 4) is 0 Å². The Labute approximate surface area is 114 Å². The zero-order chi connectivity index (χ0) is 13.8. The molecule has 1 fully saturated rings. The lowest BCUT2D eigenvalue weighted by molar-refractivity contribution is -0.117. The fraction of sp³-hybridized carbons (Fsp3) is 0.417. The minimum absolute atomic E-state index is 0.0603. The number of amides is 1. The summed E-state index contributed by atoms with van der Waals surface area (Å²) in [5.74, 6) is -1.09. The topological polar surface area (TPSA) is 91.3 Å². The Bertz CT molecular complexity index is 530. The third-order valence-electron chi connectivity index (χ3n) is 2.94. The van der Waals surface area contributed by atoms with Crippen LogP contribution in [-0.4, -0.2) is 41.6 Å². The van der Waals surface area contributed by atoms with Gasteiger partial charge in [-0.2, -0.15) is 0 Å². The van der Waals surface area contributed by atoms with Crippen LogP contribution in [0.5, 0.6) is 0 Å². The van der Waals surface area contributed by atoms with Crippen LogP contribution in [0.2, 0.25) is 0 Å². The monoisotopic (exact) mass is 281 g/mol. The number of hydrogen-bond donors (Lipinski definition) is 3. The van der Waals surface area contributed by atoms with E-state index in [1.165, 1.54) is 16.7 Å². The average molecular weight is 281 g/mol. The number of nitrogens with zero attached hydrogens (tertiary/aromatic N) is 1. The predicted molar refractivity (Wildman–Crippen MR) is 71.4 cm³/mol. The number of hydrogen-bond acceptors (Lipinski definition) is 5. The summed E-state index contributed by atoms with van der Waals surface area (Å²) >= 11 is 1.29. The smallest absolute Gasteiger partial charge is 0.355 e. The predicted octanol–water partition coefficient (Wildman–Crippen LogP) is 0.420. The summed E-state index contributed by atoms with van der Waals surface area (Å²) in [6.45, 7) is 3.85. The maximum absolute atomic E-state index is 11.8. The van der Waals surface area contributed by atoms with Crippen molar-refractivity contribution in [1.29, 1.82) is 0 Å². The maximum Gasteiger partial charge on any atom is 0.355 e. The van der Waals surface area contributed by atoms with Gasteiger partial charge < -0.3 is 15.7 Å². The second-order valence-corrected chi connectivity index (χ2v) is 5.21. The van der Waals surface area contributed by atoms with Crippen molar-refractivity contribution < 1.29 is 14.7 Å². The van der Waals surface area contributed by atoms with Crippen molar-refractivity contribution in [2.24, 2.45) is 0 Å². The summed E-state index contributed by atoms with van der Waals surface area (Å²) in [5.41, 5.74) is 1.97. The van der Waals surface area contributed by atoms with E-state index in [0.717, 1.165) is 24.2 Å². The van der Waals surface area contributed by atoms with Gasteiger partial charge in [-0.25, -0.2) is 9.78 Å². The molecule has 0 atom stereocenters. The van der Waals surface area contributed by atoms with Crippen LogP contribution in [0.1, 0.15) is 22.4 Å². The van der Waals surface area contributed by atoms with Gasteiger partial charge in [0.15, 0.2) is 5.69 Å². The molecule has 1 aromatic heterocycles. The molecule has 1 aliphatic rings. The summed E-state index contributed by atoms with van der Waals surface area (Å²) in [7, 11) is 0. The fourth-order valence-electron chi connectivity index (χ4n) is 1.62. The molecule has 0 saturated carbocycles. The number of carboxylic acids is 1. The Kier molecular flexibility index (Phi) is 4.28. The van der Waals surface area contributed by atoms with Crippen molar-refractivity contribution >= 4 is 23.2 Å². The van der Waals surface area contributed by atoms with Gasteiger partial charge in [-0.3, -0.25) is 4.79 Å². The number of carbonyl (C=O) groups excluding carboxylic acids is 1. The summed E-state index contributed by atoms with van der Waals surface area (Å²) < 4.78 is 0. The highest BCUT2D eigenvalue weighted by Crippen LogP contribution is 2.11. The largest absolute Gasteiger partial charge is 0.476 e. The summed E-state index contributed by atoms with van der Waals surface area (Å²) in [4.78, 5) is 26.4. The number of aromatic nitrogens is 1. The Morgan fingerprint density at radius 3 is 2.79 bits per heavy atom. The van der Waals surface area contributed by atoms with Crippen molar-refractivity contribution in [3.63, 3.8) is 0 Å². The Morgan fingerprint density at radius 2 is 2.26 bits per heavy atom. The molecule has 1 aromatic rings. The van der Waals surface area contributed by atoms with Gasteiger partial charge in [-0.1, -0.05) is 0 Å². The SMILES string of the molecule is CC(C(=O)NCCc1nc(C(=O)O)cs1)=C1CNC1. The fourth-order valence-corrected chi connectivity index (χ4v) is 2.39. The lowest BCUT2D eigenvalue weighted by Gasteiger charge is -2.21. The molecule has 6 nitrogen and oxygen atoms in total. The highest BCUT2D eigenvalue weighted by Gasteiger charge is 2.15. The van der Waals surface area contributed by atoms with Crippen LogP contribution in [0.15, 0.2) is 16.5 Å². The van der Waals surface area contributed by atoms with Crippen molar-refractivity contribution in [3.05, 3.63) is 27.2 Å². The number of nitrogens with one attached hydrogen (secondary N) is 2. The van der Waals surface area contributed by atoms with E-state index in [9.17, 15) is 9.59 Å². The highest BCUT2D eigenvalue weighted by molar-refractivity contribution is 7.09. The van der Waals surface area contributed by atoms with E-state index in [4.69, 9.17) is 5.11 Å². The van der Waals surface area contributed by atoms with Gasteiger partial charge >= 0.3 is 5.97 Å². The first kappa shape index (κ1) is 13.7. The van der Waals surface area contributed by atoms with E-state index in [2.05, 4.69) is 15.6 Å². The molecule has 0 aliphatic carbocycles.